The van der Waals surface area contributed by atoms with Gasteiger partial charge in [-0.15, -0.1) is 9.89 Å². The van der Waals surface area contributed by atoms with Crippen LogP contribution in [-0.4, -0.2) is 51.4 Å². The third-order valence-corrected chi connectivity index (χ3v) is 2.35. The Morgan fingerprint density at radius 2 is 2.13 bits per heavy atom. The Bertz CT molecular complexity index is 463. The molecule has 15 heavy (non-hydrogen) atoms. The molecule has 7 nitrogen and oxygen atoms in total. The van der Waals surface area contributed by atoms with Gasteiger partial charge in [-0.25, -0.2) is 9.97 Å². The van der Waals surface area contributed by atoms with Crippen molar-refractivity contribution in [2.75, 3.05) is 31.3 Å². The zero-order chi connectivity index (χ0) is 10.1. The molecule has 1 aliphatic heterocycles. The molecule has 0 amide bonds. The van der Waals surface area contributed by atoms with Crippen LogP contribution in [0.4, 0.5) is 0 Å². The van der Waals surface area contributed by atoms with Gasteiger partial charge in [-0.1, -0.05) is 0 Å². The lowest BCUT2D eigenvalue weighted by atomic mass is 10.5. The zero-order valence-corrected chi connectivity index (χ0v) is 8.07. The first-order valence-corrected chi connectivity index (χ1v) is 4.79. The summed E-state index contributed by atoms with van der Waals surface area (Å²) in [6.07, 6.45) is 3.16. The van der Waals surface area contributed by atoms with Gasteiger partial charge in [0, 0.05) is 0 Å². The van der Waals surface area contributed by atoms with Gasteiger partial charge in [-0.3, -0.25) is 5.01 Å². The van der Waals surface area contributed by atoms with Crippen LogP contribution in [0.5, 0.6) is 0 Å². The highest BCUT2D eigenvalue weighted by Gasteiger charge is 2.15. The second-order valence-electron chi connectivity index (χ2n) is 3.28. The molecule has 1 aliphatic rings. The Hall–Kier alpha value is -1.76. The van der Waals surface area contributed by atoms with Crippen LogP contribution >= 0.6 is 0 Å². The van der Waals surface area contributed by atoms with Crippen LogP contribution in [-0.2, 0) is 4.74 Å². The number of aromatic nitrogens is 5. The molecule has 78 valence electrons. The summed E-state index contributed by atoms with van der Waals surface area (Å²) in [5.74, 6) is 0. The number of nitrogens with zero attached hydrogens (tertiary/aromatic N) is 6. The van der Waals surface area contributed by atoms with Crippen molar-refractivity contribution in [1.29, 1.82) is 0 Å². The molecule has 0 atom stereocenters. The van der Waals surface area contributed by atoms with E-state index in [1.807, 2.05) is 0 Å². The molecular weight excluding hydrogens is 196 g/mol. The van der Waals surface area contributed by atoms with E-state index in [2.05, 4.69) is 25.3 Å². The first-order valence-electron chi connectivity index (χ1n) is 4.79. The molecule has 0 bridgehead atoms. The van der Waals surface area contributed by atoms with Crippen LogP contribution in [0, 0.1) is 0 Å². The summed E-state index contributed by atoms with van der Waals surface area (Å²) < 4.78 is 5.27. The second kappa shape index (κ2) is 3.43. The van der Waals surface area contributed by atoms with Crippen molar-refractivity contribution in [1.82, 2.24) is 25.1 Å². The third-order valence-electron chi connectivity index (χ3n) is 2.35. The van der Waals surface area contributed by atoms with E-state index in [9.17, 15) is 0 Å². The van der Waals surface area contributed by atoms with Gasteiger partial charge in [0.15, 0.2) is 5.52 Å². The van der Waals surface area contributed by atoms with E-state index in [0.29, 0.717) is 18.7 Å². The molecule has 0 N–H and O–H groups in total. The largest absolute Gasteiger partial charge is 0.378 e. The molecule has 0 unspecified atom stereocenters. The van der Waals surface area contributed by atoms with Crippen LogP contribution < -0.4 is 5.01 Å². The number of hydrogen-bond donors (Lipinski definition) is 0. The summed E-state index contributed by atoms with van der Waals surface area (Å²) in [6.45, 7) is 3.05. The Morgan fingerprint density at radius 1 is 1.27 bits per heavy atom. The van der Waals surface area contributed by atoms with Crippen molar-refractivity contribution in [2.24, 2.45) is 0 Å². The average molecular weight is 206 g/mol. The minimum absolute atomic E-state index is 0.712. The van der Waals surface area contributed by atoms with Crippen LogP contribution in [0.2, 0.25) is 0 Å². The Labute approximate surface area is 85.6 Å². The lowest BCUT2D eigenvalue weighted by molar-refractivity contribution is 0.109. The molecule has 0 aromatic carbocycles. The van der Waals surface area contributed by atoms with Gasteiger partial charge < -0.3 is 4.74 Å². The van der Waals surface area contributed by atoms with E-state index in [1.165, 1.54) is 6.33 Å². The van der Waals surface area contributed by atoms with Gasteiger partial charge >= 0.3 is 0 Å². The lowest BCUT2D eigenvalue weighted by Crippen LogP contribution is -2.44. The Balaban J connectivity index is 2.02. The Kier molecular flexibility index (Phi) is 1.95. The fraction of sp³-hybridized carbons (Fsp3) is 0.500. The van der Waals surface area contributed by atoms with Gasteiger partial charge in [0.05, 0.1) is 32.5 Å². The van der Waals surface area contributed by atoms with Crippen molar-refractivity contribution in [2.45, 2.75) is 0 Å². The minimum atomic E-state index is 0.712. The summed E-state index contributed by atoms with van der Waals surface area (Å²) in [5.41, 5.74) is 1.45. The van der Waals surface area contributed by atoms with Crippen molar-refractivity contribution in [3.63, 3.8) is 0 Å². The molecule has 2 aromatic heterocycles. The summed E-state index contributed by atoms with van der Waals surface area (Å²) in [4.78, 5) is 9.78. The van der Waals surface area contributed by atoms with E-state index in [-0.39, 0.29) is 0 Å². The molecule has 1 saturated heterocycles. The predicted molar refractivity (Wildman–Crippen MR) is 51.9 cm³/mol. The summed E-state index contributed by atoms with van der Waals surface area (Å²) in [6, 6.07) is 0. The number of fused-ring (bicyclic) bond motifs is 1. The van der Waals surface area contributed by atoms with Crippen molar-refractivity contribution in [3.05, 3.63) is 12.5 Å². The Morgan fingerprint density at radius 3 is 3.00 bits per heavy atom. The standard InChI is InChI=1S/C8H10N6O/c1-3-15-4-2-13(1)14-8-7(11-12-14)5-9-6-10-8/h5-6H,1-4H2. The van der Waals surface area contributed by atoms with E-state index in [0.717, 1.165) is 18.7 Å². The smallest absolute Gasteiger partial charge is 0.204 e. The van der Waals surface area contributed by atoms with Crippen LogP contribution in [0.3, 0.4) is 0 Å². The fourth-order valence-corrected chi connectivity index (χ4v) is 1.61. The minimum Gasteiger partial charge on any atom is -0.378 e. The van der Waals surface area contributed by atoms with Gasteiger partial charge in [0.25, 0.3) is 0 Å². The van der Waals surface area contributed by atoms with Crippen molar-refractivity contribution >= 4 is 11.2 Å². The molecule has 1 fully saturated rings. The quantitative estimate of drug-likeness (QED) is 0.607. The summed E-state index contributed by atoms with van der Waals surface area (Å²) >= 11 is 0. The molecule has 7 heteroatoms. The van der Waals surface area contributed by atoms with Crippen LogP contribution in [0.15, 0.2) is 12.5 Å². The normalized spacial score (nSPS) is 17.2. The zero-order valence-electron chi connectivity index (χ0n) is 8.07. The molecule has 3 heterocycles. The SMILES string of the molecule is c1ncc2nnn(N3CCOCC3)c2n1. The maximum atomic E-state index is 5.27. The highest BCUT2D eigenvalue weighted by Crippen LogP contribution is 2.06. The molecule has 0 saturated carbocycles. The van der Waals surface area contributed by atoms with Crippen molar-refractivity contribution in [3.8, 4) is 0 Å². The predicted octanol–water partition coefficient (Wildman–Crippen LogP) is -0.811. The second-order valence-corrected chi connectivity index (χ2v) is 3.28. The lowest BCUT2D eigenvalue weighted by Gasteiger charge is -2.27. The summed E-state index contributed by atoms with van der Waals surface area (Å²) in [7, 11) is 0. The number of rotatable bonds is 1. The number of ether oxygens (including phenoxy) is 1. The van der Waals surface area contributed by atoms with Crippen LogP contribution in [0.1, 0.15) is 0 Å². The maximum absolute atomic E-state index is 5.27. The fourth-order valence-electron chi connectivity index (χ4n) is 1.61. The maximum Gasteiger partial charge on any atom is 0.204 e. The van der Waals surface area contributed by atoms with Crippen molar-refractivity contribution < 1.29 is 4.74 Å². The van der Waals surface area contributed by atoms with E-state index in [1.54, 1.807) is 11.0 Å². The van der Waals surface area contributed by atoms with Gasteiger partial charge in [0.1, 0.15) is 6.33 Å². The third kappa shape index (κ3) is 1.40. The molecule has 0 aliphatic carbocycles. The average Bonchev–Trinajstić information content (AvgIpc) is 2.74. The van der Waals surface area contributed by atoms with E-state index < -0.39 is 0 Å². The summed E-state index contributed by atoms with van der Waals surface area (Å²) in [5, 5.41) is 10.1. The molecule has 3 rings (SSSR count). The number of morpholine rings is 1. The molecule has 0 radical (unpaired) electrons. The molecular formula is C8H10N6O. The molecule has 0 spiro atoms. The van der Waals surface area contributed by atoms with E-state index >= 15 is 0 Å². The van der Waals surface area contributed by atoms with Crippen LogP contribution in [0.25, 0.3) is 11.2 Å². The topological polar surface area (TPSA) is 69.0 Å². The van der Waals surface area contributed by atoms with Gasteiger partial charge in [0.2, 0.25) is 5.65 Å². The van der Waals surface area contributed by atoms with Gasteiger partial charge in [-0.05, 0) is 5.21 Å². The first-order chi connectivity index (χ1) is 7.45. The first kappa shape index (κ1) is 8.54. The number of hydrogen-bond acceptors (Lipinski definition) is 6. The van der Waals surface area contributed by atoms with E-state index in [4.69, 9.17) is 4.74 Å². The van der Waals surface area contributed by atoms with Gasteiger partial charge in [-0.2, -0.15) is 0 Å². The highest BCUT2D eigenvalue weighted by atomic mass is 16.5. The monoisotopic (exact) mass is 206 g/mol. The molecule has 2 aromatic rings. The highest BCUT2D eigenvalue weighted by molar-refractivity contribution is 5.67.